The molecule has 0 unspecified atom stereocenters. The van der Waals surface area contributed by atoms with Gasteiger partial charge in [0.1, 0.15) is 22.1 Å². The maximum Gasteiger partial charge on any atom is 0.257 e. The minimum absolute atomic E-state index is 0.0598. The van der Waals surface area contributed by atoms with Gasteiger partial charge in [-0.15, -0.1) is 0 Å². The summed E-state index contributed by atoms with van der Waals surface area (Å²) in [5, 5.41) is 16.0. The summed E-state index contributed by atoms with van der Waals surface area (Å²) in [4.78, 5) is 12.0. The van der Waals surface area contributed by atoms with Gasteiger partial charge in [0.25, 0.3) is 5.91 Å². The SMILES string of the molecule is O=C(Nc1ccccc1O)c1cc[n+](CCS(=O)(=O)[O-])nc1. The zero-order chi connectivity index (χ0) is 16.2. The minimum Gasteiger partial charge on any atom is -0.748 e. The van der Waals surface area contributed by atoms with Crippen molar-refractivity contribution in [1.29, 1.82) is 0 Å². The zero-order valence-electron chi connectivity index (χ0n) is 11.3. The highest BCUT2D eigenvalue weighted by atomic mass is 32.2. The average Bonchev–Trinajstić information content (AvgIpc) is 2.47. The number of amides is 1. The first-order valence-electron chi connectivity index (χ1n) is 6.24. The van der Waals surface area contributed by atoms with Crippen LogP contribution in [0, 0.1) is 0 Å². The summed E-state index contributed by atoms with van der Waals surface area (Å²) >= 11 is 0. The number of para-hydroxylation sites is 2. The molecule has 0 atom stereocenters. The van der Waals surface area contributed by atoms with Crippen molar-refractivity contribution < 1.29 is 27.6 Å². The van der Waals surface area contributed by atoms with E-state index < -0.39 is 21.8 Å². The van der Waals surface area contributed by atoms with Crippen LogP contribution < -0.4 is 10.00 Å². The van der Waals surface area contributed by atoms with Gasteiger partial charge in [0.15, 0.2) is 12.7 Å². The fourth-order valence-corrected chi connectivity index (χ4v) is 2.04. The average molecular weight is 323 g/mol. The molecule has 0 aliphatic rings. The summed E-state index contributed by atoms with van der Waals surface area (Å²) in [7, 11) is -4.31. The number of nitrogens with zero attached hydrogens (tertiary/aromatic N) is 2. The Morgan fingerprint density at radius 1 is 1.32 bits per heavy atom. The van der Waals surface area contributed by atoms with Crippen LogP contribution in [-0.2, 0) is 16.7 Å². The standard InChI is InChI=1S/C13H13N3O5S/c17-12-4-2-1-3-11(12)15-13(18)10-5-6-16(14-9-10)7-8-22(19,20)21/h1-6,9H,7-8H2,(H2,14,18,19,20,21). The summed E-state index contributed by atoms with van der Waals surface area (Å²) in [6.07, 6.45) is 2.64. The van der Waals surface area contributed by atoms with Crippen LogP contribution in [0.4, 0.5) is 5.69 Å². The number of nitrogens with one attached hydrogen (secondary N) is 1. The molecular weight excluding hydrogens is 310 g/mol. The molecule has 1 amide bonds. The molecule has 0 saturated carbocycles. The van der Waals surface area contributed by atoms with Crippen molar-refractivity contribution >= 4 is 21.7 Å². The Labute approximate surface area is 126 Å². The van der Waals surface area contributed by atoms with Gasteiger partial charge in [-0.1, -0.05) is 16.8 Å². The molecule has 1 heterocycles. The second kappa shape index (κ2) is 6.50. The van der Waals surface area contributed by atoms with Gasteiger partial charge < -0.3 is 15.0 Å². The summed E-state index contributed by atoms with van der Waals surface area (Å²) in [6, 6.07) is 7.71. The summed E-state index contributed by atoms with van der Waals surface area (Å²) in [5.41, 5.74) is 0.492. The number of benzene rings is 1. The quantitative estimate of drug-likeness (QED) is 0.449. The summed E-state index contributed by atoms with van der Waals surface area (Å²) in [5.74, 6) is -1.11. The third kappa shape index (κ3) is 4.50. The Balaban J connectivity index is 2.04. The molecule has 0 radical (unpaired) electrons. The van der Waals surface area contributed by atoms with Crippen LogP contribution in [0.1, 0.15) is 10.4 Å². The van der Waals surface area contributed by atoms with Gasteiger partial charge in [0, 0.05) is 6.07 Å². The highest BCUT2D eigenvalue weighted by Crippen LogP contribution is 2.21. The Bertz CT molecular complexity index is 775. The predicted molar refractivity (Wildman–Crippen MR) is 75.1 cm³/mol. The second-order valence-electron chi connectivity index (χ2n) is 4.41. The predicted octanol–water partition coefficient (Wildman–Crippen LogP) is -0.128. The number of hydrogen-bond acceptors (Lipinski definition) is 6. The number of aromatic nitrogens is 2. The Morgan fingerprint density at radius 3 is 2.64 bits per heavy atom. The van der Waals surface area contributed by atoms with E-state index in [4.69, 9.17) is 0 Å². The number of rotatable bonds is 5. The zero-order valence-corrected chi connectivity index (χ0v) is 12.2. The van der Waals surface area contributed by atoms with Crippen molar-refractivity contribution in [3.63, 3.8) is 0 Å². The third-order valence-electron chi connectivity index (χ3n) is 2.76. The maximum atomic E-state index is 12.0. The first kappa shape index (κ1) is 15.9. The topological polar surface area (TPSA) is 123 Å². The molecule has 8 nitrogen and oxygen atoms in total. The van der Waals surface area contributed by atoms with E-state index in [1.54, 1.807) is 18.2 Å². The molecule has 2 rings (SSSR count). The first-order valence-corrected chi connectivity index (χ1v) is 7.81. The van der Waals surface area contributed by atoms with Crippen LogP contribution >= 0.6 is 0 Å². The molecule has 1 aromatic carbocycles. The summed E-state index contributed by atoms with van der Waals surface area (Å²) in [6.45, 7) is -0.0901. The minimum atomic E-state index is -4.31. The number of anilines is 1. The normalized spacial score (nSPS) is 11.1. The van der Waals surface area contributed by atoms with Gasteiger partial charge in [-0.2, -0.15) is 0 Å². The fraction of sp³-hybridized carbons (Fsp3) is 0.154. The van der Waals surface area contributed by atoms with Gasteiger partial charge >= 0.3 is 0 Å². The number of carbonyl (C=O) groups excluding carboxylic acids is 1. The first-order chi connectivity index (χ1) is 10.3. The van der Waals surface area contributed by atoms with Crippen LogP contribution in [0.3, 0.4) is 0 Å². The van der Waals surface area contributed by atoms with Crippen LogP contribution in [0.25, 0.3) is 0 Å². The number of hydrogen-bond donors (Lipinski definition) is 2. The van der Waals surface area contributed by atoms with E-state index in [-0.39, 0.29) is 23.5 Å². The van der Waals surface area contributed by atoms with Crippen molar-refractivity contribution in [1.82, 2.24) is 5.10 Å². The lowest BCUT2D eigenvalue weighted by atomic mass is 10.2. The largest absolute Gasteiger partial charge is 0.748 e. The van der Waals surface area contributed by atoms with Crippen molar-refractivity contribution in [3.05, 3.63) is 48.3 Å². The lowest BCUT2D eigenvalue weighted by Crippen LogP contribution is -2.40. The van der Waals surface area contributed by atoms with Crippen LogP contribution in [0.5, 0.6) is 5.75 Å². The van der Waals surface area contributed by atoms with Gasteiger partial charge in [-0.25, -0.2) is 8.42 Å². The molecule has 116 valence electrons. The Morgan fingerprint density at radius 2 is 2.05 bits per heavy atom. The van der Waals surface area contributed by atoms with Gasteiger partial charge in [0.2, 0.25) is 0 Å². The molecule has 9 heteroatoms. The van der Waals surface area contributed by atoms with Crippen molar-refractivity contribution in [2.45, 2.75) is 6.54 Å². The molecule has 2 aromatic rings. The fourth-order valence-electron chi connectivity index (χ4n) is 1.63. The maximum absolute atomic E-state index is 12.0. The van der Waals surface area contributed by atoms with E-state index in [1.807, 2.05) is 0 Å². The summed E-state index contributed by atoms with van der Waals surface area (Å²) < 4.78 is 32.8. The van der Waals surface area contributed by atoms with Gasteiger partial charge in [0.05, 0.1) is 17.0 Å². The highest BCUT2D eigenvalue weighted by Gasteiger charge is 2.12. The van der Waals surface area contributed by atoms with Crippen molar-refractivity contribution in [3.8, 4) is 5.75 Å². The molecular formula is C13H13N3O5S. The molecule has 1 aromatic heterocycles. The van der Waals surface area contributed by atoms with Crippen LogP contribution in [-0.4, -0.2) is 34.8 Å². The number of phenolic OH excluding ortho intramolecular Hbond substituents is 1. The third-order valence-corrected chi connectivity index (χ3v) is 3.44. The molecule has 0 spiro atoms. The molecule has 0 aliphatic carbocycles. The van der Waals surface area contributed by atoms with E-state index in [9.17, 15) is 22.9 Å². The van der Waals surface area contributed by atoms with E-state index in [0.29, 0.717) is 0 Å². The van der Waals surface area contributed by atoms with Crippen molar-refractivity contribution in [2.75, 3.05) is 11.1 Å². The molecule has 0 saturated heterocycles. The second-order valence-corrected chi connectivity index (χ2v) is 5.94. The number of aryl methyl sites for hydroxylation is 1. The monoisotopic (exact) mass is 323 g/mol. The number of carbonyl (C=O) groups is 1. The Hall–Kier alpha value is -2.52. The van der Waals surface area contributed by atoms with Gasteiger partial charge in [-0.05, 0) is 17.2 Å². The molecule has 22 heavy (non-hydrogen) atoms. The van der Waals surface area contributed by atoms with Gasteiger partial charge in [-0.3, -0.25) is 4.79 Å². The molecule has 0 bridgehead atoms. The van der Waals surface area contributed by atoms with E-state index in [1.165, 1.54) is 29.2 Å². The lowest BCUT2D eigenvalue weighted by molar-refractivity contribution is -0.750. The number of aromatic hydroxyl groups is 1. The molecule has 0 fully saturated rings. The van der Waals surface area contributed by atoms with Crippen molar-refractivity contribution in [2.24, 2.45) is 0 Å². The lowest BCUT2D eigenvalue weighted by Gasteiger charge is -2.06. The highest BCUT2D eigenvalue weighted by molar-refractivity contribution is 7.85. The van der Waals surface area contributed by atoms with Crippen LogP contribution in [0.2, 0.25) is 0 Å². The van der Waals surface area contributed by atoms with E-state index in [2.05, 4.69) is 10.4 Å². The smallest absolute Gasteiger partial charge is 0.257 e. The van der Waals surface area contributed by atoms with Crippen LogP contribution in [0.15, 0.2) is 42.7 Å². The van der Waals surface area contributed by atoms with E-state index in [0.717, 1.165) is 0 Å². The molecule has 2 N–H and O–H groups in total. The molecule has 0 aliphatic heterocycles. The van der Waals surface area contributed by atoms with E-state index >= 15 is 0 Å². The number of phenols is 1. The Kier molecular flexibility index (Phi) is 4.68.